The van der Waals surface area contributed by atoms with Gasteiger partial charge in [0.25, 0.3) is 5.91 Å². The molecule has 7 heteroatoms. The molecule has 1 heterocycles. The molecule has 1 aromatic rings. The number of amides is 1. The van der Waals surface area contributed by atoms with Crippen LogP contribution in [0.25, 0.3) is 0 Å². The van der Waals surface area contributed by atoms with Crippen molar-refractivity contribution < 1.29 is 23.9 Å². The first-order chi connectivity index (χ1) is 8.99. The molecule has 1 amide bonds. The Labute approximate surface area is 110 Å². The number of nitrogens with zero attached hydrogens (tertiary/aromatic N) is 2. The van der Waals surface area contributed by atoms with Gasteiger partial charge in [-0.1, -0.05) is 0 Å². The van der Waals surface area contributed by atoms with Crippen LogP contribution in [0.1, 0.15) is 10.5 Å². The van der Waals surface area contributed by atoms with Crippen LogP contribution in [0, 0.1) is 0 Å². The minimum absolute atomic E-state index is 0.310. The van der Waals surface area contributed by atoms with Crippen molar-refractivity contribution in [1.82, 2.24) is 9.47 Å². The zero-order valence-corrected chi connectivity index (χ0v) is 11.1. The highest BCUT2D eigenvalue weighted by molar-refractivity contribution is 5.96. The predicted octanol–water partition coefficient (Wildman–Crippen LogP) is -0.187. The molecule has 0 aliphatic heterocycles. The van der Waals surface area contributed by atoms with E-state index in [2.05, 4.69) is 9.47 Å². The molecule has 104 valence electrons. The van der Waals surface area contributed by atoms with Crippen LogP contribution in [0.15, 0.2) is 18.3 Å². The molecule has 0 bridgehead atoms. The first-order valence-corrected chi connectivity index (χ1v) is 5.53. The summed E-state index contributed by atoms with van der Waals surface area (Å²) in [5, 5.41) is 0. The fraction of sp³-hybridized carbons (Fsp3) is 0.417. The predicted molar refractivity (Wildman–Crippen MR) is 65.3 cm³/mol. The molecule has 0 unspecified atom stereocenters. The number of hydrogen-bond donors (Lipinski definition) is 0. The Morgan fingerprint density at radius 3 is 2.05 bits per heavy atom. The lowest BCUT2D eigenvalue weighted by Gasteiger charge is -2.20. The van der Waals surface area contributed by atoms with Gasteiger partial charge in [0.05, 0.1) is 14.2 Å². The van der Waals surface area contributed by atoms with E-state index in [9.17, 15) is 14.4 Å². The van der Waals surface area contributed by atoms with Crippen molar-refractivity contribution in [3.05, 3.63) is 24.0 Å². The van der Waals surface area contributed by atoms with Crippen LogP contribution >= 0.6 is 0 Å². The van der Waals surface area contributed by atoms with Crippen molar-refractivity contribution >= 4 is 17.8 Å². The molecular formula is C12H16N2O5. The Bertz CT molecular complexity index is 462. The molecule has 0 N–H and O–H groups in total. The van der Waals surface area contributed by atoms with Gasteiger partial charge in [0, 0.05) is 13.2 Å². The Hall–Kier alpha value is -2.31. The van der Waals surface area contributed by atoms with Crippen molar-refractivity contribution in [3.8, 4) is 0 Å². The number of carbonyl (C=O) groups excluding carboxylic acids is 3. The lowest BCUT2D eigenvalue weighted by molar-refractivity contribution is -0.144. The second-order valence-electron chi connectivity index (χ2n) is 3.82. The quantitative estimate of drug-likeness (QED) is 0.692. The number of methoxy groups -OCH3 is 2. The van der Waals surface area contributed by atoms with Crippen LogP contribution in [-0.4, -0.2) is 54.6 Å². The van der Waals surface area contributed by atoms with Crippen molar-refractivity contribution in [2.45, 2.75) is 0 Å². The van der Waals surface area contributed by atoms with Crippen LogP contribution in [0.4, 0.5) is 0 Å². The number of rotatable bonds is 5. The second-order valence-corrected chi connectivity index (χ2v) is 3.82. The van der Waals surface area contributed by atoms with Crippen LogP contribution in [0.2, 0.25) is 0 Å². The molecule has 0 spiro atoms. The maximum atomic E-state index is 12.2. The second kappa shape index (κ2) is 6.58. The molecule has 1 aromatic heterocycles. The molecule has 0 saturated heterocycles. The highest BCUT2D eigenvalue weighted by Crippen LogP contribution is 2.06. The molecule has 7 nitrogen and oxygen atoms in total. The topological polar surface area (TPSA) is 77.8 Å². The van der Waals surface area contributed by atoms with E-state index in [-0.39, 0.29) is 13.1 Å². The van der Waals surface area contributed by atoms with E-state index >= 15 is 0 Å². The monoisotopic (exact) mass is 268 g/mol. The van der Waals surface area contributed by atoms with Crippen molar-refractivity contribution in [1.29, 1.82) is 0 Å². The maximum absolute atomic E-state index is 12.2. The minimum Gasteiger partial charge on any atom is -0.468 e. The molecule has 0 radical (unpaired) electrons. The van der Waals surface area contributed by atoms with E-state index in [1.165, 1.54) is 14.2 Å². The van der Waals surface area contributed by atoms with Crippen LogP contribution in [-0.2, 0) is 26.1 Å². The van der Waals surface area contributed by atoms with Crippen LogP contribution in [0.3, 0.4) is 0 Å². The number of aryl methyl sites for hydroxylation is 1. The Morgan fingerprint density at radius 2 is 1.68 bits per heavy atom. The SMILES string of the molecule is COC(=O)CN(CC(=O)OC)C(=O)c1cccn1C. The Balaban J connectivity index is 2.89. The van der Waals surface area contributed by atoms with Crippen molar-refractivity contribution in [2.24, 2.45) is 7.05 Å². The van der Waals surface area contributed by atoms with Crippen molar-refractivity contribution in [2.75, 3.05) is 27.3 Å². The highest BCUT2D eigenvalue weighted by atomic mass is 16.5. The number of hydrogen-bond acceptors (Lipinski definition) is 5. The first-order valence-electron chi connectivity index (χ1n) is 5.53. The molecule has 0 fully saturated rings. The summed E-state index contributed by atoms with van der Waals surface area (Å²) in [5.41, 5.74) is 0.368. The van der Waals surface area contributed by atoms with Crippen LogP contribution < -0.4 is 0 Å². The number of ether oxygens (including phenoxy) is 2. The fourth-order valence-corrected chi connectivity index (χ4v) is 1.49. The van der Waals surface area contributed by atoms with Gasteiger partial charge in [-0.25, -0.2) is 0 Å². The average Bonchev–Trinajstić information content (AvgIpc) is 2.82. The number of carbonyl (C=O) groups is 3. The molecule has 19 heavy (non-hydrogen) atoms. The summed E-state index contributed by atoms with van der Waals surface area (Å²) in [4.78, 5) is 35.8. The van der Waals surface area contributed by atoms with Gasteiger partial charge in [-0.2, -0.15) is 0 Å². The summed E-state index contributed by atoms with van der Waals surface area (Å²) in [6.07, 6.45) is 1.70. The average molecular weight is 268 g/mol. The Morgan fingerprint density at radius 1 is 1.16 bits per heavy atom. The third-order valence-electron chi connectivity index (χ3n) is 2.55. The normalized spacial score (nSPS) is 9.84. The summed E-state index contributed by atoms with van der Waals surface area (Å²) in [6.45, 7) is -0.620. The molecule has 0 saturated carbocycles. The van der Waals surface area contributed by atoms with Crippen molar-refractivity contribution in [3.63, 3.8) is 0 Å². The summed E-state index contributed by atoms with van der Waals surface area (Å²) in [7, 11) is 4.12. The summed E-state index contributed by atoms with van der Waals surface area (Å²) < 4.78 is 10.6. The van der Waals surface area contributed by atoms with Gasteiger partial charge in [0.2, 0.25) is 0 Å². The van der Waals surface area contributed by atoms with E-state index < -0.39 is 17.8 Å². The van der Waals surface area contributed by atoms with Gasteiger partial charge < -0.3 is 18.9 Å². The summed E-state index contributed by atoms with van der Waals surface area (Å²) >= 11 is 0. The van der Waals surface area contributed by atoms with E-state index in [0.717, 1.165) is 4.90 Å². The van der Waals surface area contributed by atoms with Crippen LogP contribution in [0.5, 0.6) is 0 Å². The fourth-order valence-electron chi connectivity index (χ4n) is 1.49. The van der Waals surface area contributed by atoms with E-state index in [1.54, 1.807) is 29.9 Å². The summed E-state index contributed by atoms with van der Waals surface area (Å²) in [5.74, 6) is -1.65. The number of esters is 2. The van der Waals surface area contributed by atoms with E-state index in [4.69, 9.17) is 0 Å². The van der Waals surface area contributed by atoms with Gasteiger partial charge in [0.15, 0.2) is 0 Å². The molecule has 0 aromatic carbocycles. The molecule has 0 atom stereocenters. The highest BCUT2D eigenvalue weighted by Gasteiger charge is 2.23. The van der Waals surface area contributed by atoms with Gasteiger partial charge in [-0.15, -0.1) is 0 Å². The maximum Gasteiger partial charge on any atom is 0.325 e. The minimum atomic E-state index is -0.605. The largest absolute Gasteiger partial charge is 0.468 e. The van der Waals surface area contributed by atoms with Gasteiger partial charge in [-0.3, -0.25) is 14.4 Å². The lowest BCUT2D eigenvalue weighted by atomic mass is 10.3. The molecule has 1 rings (SSSR count). The third kappa shape index (κ3) is 3.84. The van der Waals surface area contributed by atoms with Gasteiger partial charge in [0.1, 0.15) is 18.8 Å². The number of aromatic nitrogens is 1. The molecule has 0 aliphatic carbocycles. The van der Waals surface area contributed by atoms with E-state index in [0.29, 0.717) is 5.69 Å². The summed E-state index contributed by atoms with van der Waals surface area (Å²) in [6, 6.07) is 3.30. The Kier molecular flexibility index (Phi) is 5.11. The van der Waals surface area contributed by atoms with E-state index in [1.807, 2.05) is 0 Å². The third-order valence-corrected chi connectivity index (χ3v) is 2.55. The lowest BCUT2D eigenvalue weighted by Crippen LogP contribution is -2.40. The molecule has 0 aliphatic rings. The standard InChI is InChI=1S/C12H16N2O5/c1-13-6-4-5-9(13)12(17)14(7-10(15)18-2)8-11(16)19-3/h4-6H,7-8H2,1-3H3. The van der Waals surface area contributed by atoms with Gasteiger partial charge in [-0.05, 0) is 12.1 Å². The smallest absolute Gasteiger partial charge is 0.325 e. The van der Waals surface area contributed by atoms with Gasteiger partial charge >= 0.3 is 11.9 Å². The zero-order chi connectivity index (χ0) is 14.4. The zero-order valence-electron chi connectivity index (χ0n) is 11.1. The first kappa shape index (κ1) is 14.7. The molecular weight excluding hydrogens is 252 g/mol.